The second kappa shape index (κ2) is 6.51. The zero-order chi connectivity index (χ0) is 14.6. The Bertz CT molecular complexity index is 566. The first-order chi connectivity index (χ1) is 9.49. The minimum atomic E-state index is -0.217. The Kier molecular flexibility index (Phi) is 4.95. The molecule has 0 unspecified atom stereocenters. The van der Waals surface area contributed by atoms with E-state index in [4.69, 9.17) is 0 Å². The largest absolute Gasteiger partial charge is 0.312 e. The molecule has 0 aliphatic carbocycles. The van der Waals surface area contributed by atoms with Gasteiger partial charge in [-0.3, -0.25) is 0 Å². The number of halogens is 2. The molecular formula is C17H19BrFN. The van der Waals surface area contributed by atoms with Crippen molar-refractivity contribution in [3.63, 3.8) is 0 Å². The predicted molar refractivity (Wildman–Crippen MR) is 85.3 cm³/mol. The van der Waals surface area contributed by atoms with Crippen molar-refractivity contribution in [2.45, 2.75) is 25.8 Å². The summed E-state index contributed by atoms with van der Waals surface area (Å²) in [5, 5.41) is 3.45. The Labute approximate surface area is 128 Å². The van der Waals surface area contributed by atoms with Gasteiger partial charge in [0.2, 0.25) is 0 Å². The van der Waals surface area contributed by atoms with Crippen LogP contribution in [0.15, 0.2) is 53.0 Å². The highest BCUT2D eigenvalue weighted by Gasteiger charge is 2.19. The third kappa shape index (κ3) is 3.90. The van der Waals surface area contributed by atoms with Crippen molar-refractivity contribution in [2.24, 2.45) is 0 Å². The van der Waals surface area contributed by atoms with E-state index in [1.807, 2.05) is 12.1 Å². The van der Waals surface area contributed by atoms with Crippen molar-refractivity contribution in [3.8, 4) is 0 Å². The van der Waals surface area contributed by atoms with Gasteiger partial charge < -0.3 is 5.32 Å². The van der Waals surface area contributed by atoms with E-state index in [9.17, 15) is 4.39 Å². The predicted octanol–water partition coefficient (Wildman–Crippen LogP) is 4.66. The van der Waals surface area contributed by atoms with E-state index in [0.717, 1.165) is 23.1 Å². The van der Waals surface area contributed by atoms with Crippen LogP contribution in [0.25, 0.3) is 0 Å². The lowest BCUT2D eigenvalue weighted by Crippen LogP contribution is -2.32. The summed E-state index contributed by atoms with van der Waals surface area (Å²) in [5.41, 5.74) is 2.44. The van der Waals surface area contributed by atoms with Gasteiger partial charge >= 0.3 is 0 Å². The first kappa shape index (κ1) is 15.2. The molecule has 2 rings (SSSR count). The van der Waals surface area contributed by atoms with Crippen LogP contribution in [0.3, 0.4) is 0 Å². The fraction of sp³-hybridized carbons (Fsp3) is 0.294. The molecular weight excluding hydrogens is 317 g/mol. The Hall–Kier alpha value is -1.19. The number of rotatable bonds is 5. The molecule has 2 aromatic rings. The third-order valence-corrected chi connectivity index (χ3v) is 4.19. The molecule has 0 saturated carbocycles. The van der Waals surface area contributed by atoms with Gasteiger partial charge in [0.25, 0.3) is 0 Å². The van der Waals surface area contributed by atoms with E-state index in [-0.39, 0.29) is 11.2 Å². The summed E-state index contributed by atoms with van der Waals surface area (Å²) in [4.78, 5) is 0. The normalized spacial score (nSPS) is 11.6. The van der Waals surface area contributed by atoms with E-state index in [2.05, 4.69) is 59.4 Å². The van der Waals surface area contributed by atoms with Crippen LogP contribution in [0, 0.1) is 5.82 Å². The molecule has 1 nitrogen and oxygen atoms in total. The standard InChI is InChI=1S/C17H19BrFN/c1-17(2,14-6-4-3-5-7-14)12-20-11-13-8-9-15(19)10-16(13)18/h3-10,20H,11-12H2,1-2H3. The minimum Gasteiger partial charge on any atom is -0.312 e. The summed E-state index contributed by atoms with van der Waals surface area (Å²) < 4.78 is 13.8. The lowest BCUT2D eigenvalue weighted by Gasteiger charge is -2.26. The first-order valence-corrected chi connectivity index (χ1v) is 7.48. The second-order valence-corrected chi connectivity index (χ2v) is 6.44. The molecule has 1 N–H and O–H groups in total. The van der Waals surface area contributed by atoms with Crippen molar-refractivity contribution < 1.29 is 4.39 Å². The summed E-state index contributed by atoms with van der Waals surface area (Å²) in [5.74, 6) is -0.217. The van der Waals surface area contributed by atoms with Gasteiger partial charge in [-0.1, -0.05) is 66.2 Å². The van der Waals surface area contributed by atoms with Crippen molar-refractivity contribution >= 4 is 15.9 Å². The van der Waals surface area contributed by atoms with Crippen molar-refractivity contribution in [2.75, 3.05) is 6.54 Å². The fourth-order valence-corrected chi connectivity index (χ4v) is 2.66. The highest BCUT2D eigenvalue weighted by molar-refractivity contribution is 9.10. The lowest BCUT2D eigenvalue weighted by molar-refractivity contribution is 0.468. The SMILES string of the molecule is CC(C)(CNCc1ccc(F)cc1Br)c1ccccc1. The van der Waals surface area contributed by atoms with Gasteiger partial charge in [-0.15, -0.1) is 0 Å². The van der Waals surface area contributed by atoms with E-state index in [0.29, 0.717) is 0 Å². The minimum absolute atomic E-state index is 0.0633. The van der Waals surface area contributed by atoms with Gasteiger partial charge in [0.1, 0.15) is 5.82 Å². The molecule has 0 fully saturated rings. The third-order valence-electron chi connectivity index (χ3n) is 3.45. The molecule has 2 aromatic carbocycles. The summed E-state index contributed by atoms with van der Waals surface area (Å²) >= 11 is 3.39. The zero-order valence-electron chi connectivity index (χ0n) is 11.8. The van der Waals surface area contributed by atoms with Gasteiger partial charge in [-0.25, -0.2) is 4.39 Å². The maximum absolute atomic E-state index is 13.0. The van der Waals surface area contributed by atoms with Crippen LogP contribution in [-0.4, -0.2) is 6.54 Å². The summed E-state index contributed by atoms with van der Waals surface area (Å²) in [6.45, 7) is 6.02. The molecule has 0 spiro atoms. The summed E-state index contributed by atoms with van der Waals surface area (Å²) in [6.07, 6.45) is 0. The molecule has 0 radical (unpaired) electrons. The van der Waals surface area contributed by atoms with Crippen molar-refractivity contribution in [3.05, 3.63) is 69.9 Å². The average molecular weight is 336 g/mol. The lowest BCUT2D eigenvalue weighted by atomic mass is 9.84. The molecule has 0 atom stereocenters. The van der Waals surface area contributed by atoms with Gasteiger partial charge in [0.05, 0.1) is 0 Å². The molecule has 0 saturated heterocycles. The number of benzene rings is 2. The van der Waals surface area contributed by atoms with Crippen LogP contribution in [-0.2, 0) is 12.0 Å². The molecule has 0 aliphatic rings. The second-order valence-electron chi connectivity index (χ2n) is 5.59. The Morgan fingerprint density at radius 3 is 2.45 bits per heavy atom. The fourth-order valence-electron chi connectivity index (χ4n) is 2.17. The van der Waals surface area contributed by atoms with E-state index < -0.39 is 0 Å². The molecule has 0 aliphatic heterocycles. The van der Waals surface area contributed by atoms with Crippen LogP contribution >= 0.6 is 15.9 Å². The Morgan fingerprint density at radius 2 is 1.80 bits per heavy atom. The van der Waals surface area contributed by atoms with Gasteiger partial charge in [-0.05, 0) is 23.3 Å². The molecule has 0 bridgehead atoms. The summed E-state index contributed by atoms with van der Waals surface area (Å²) in [6, 6.07) is 15.3. The van der Waals surface area contributed by atoms with Gasteiger partial charge in [0.15, 0.2) is 0 Å². The number of hydrogen-bond donors (Lipinski definition) is 1. The zero-order valence-corrected chi connectivity index (χ0v) is 13.4. The van der Waals surface area contributed by atoms with Crippen LogP contribution in [0.2, 0.25) is 0 Å². The number of hydrogen-bond acceptors (Lipinski definition) is 1. The molecule has 20 heavy (non-hydrogen) atoms. The quantitative estimate of drug-likeness (QED) is 0.838. The van der Waals surface area contributed by atoms with E-state index >= 15 is 0 Å². The Balaban J connectivity index is 1.95. The van der Waals surface area contributed by atoms with E-state index in [1.54, 1.807) is 0 Å². The molecule has 0 amide bonds. The van der Waals surface area contributed by atoms with E-state index in [1.165, 1.54) is 17.7 Å². The summed E-state index contributed by atoms with van der Waals surface area (Å²) in [7, 11) is 0. The van der Waals surface area contributed by atoms with Gasteiger partial charge in [-0.2, -0.15) is 0 Å². The average Bonchev–Trinajstić information content (AvgIpc) is 2.42. The smallest absolute Gasteiger partial charge is 0.124 e. The van der Waals surface area contributed by atoms with Crippen LogP contribution < -0.4 is 5.32 Å². The van der Waals surface area contributed by atoms with Crippen LogP contribution in [0.4, 0.5) is 4.39 Å². The maximum atomic E-state index is 13.0. The monoisotopic (exact) mass is 335 g/mol. The first-order valence-electron chi connectivity index (χ1n) is 6.69. The molecule has 3 heteroatoms. The highest BCUT2D eigenvalue weighted by atomic mass is 79.9. The van der Waals surface area contributed by atoms with Crippen LogP contribution in [0.1, 0.15) is 25.0 Å². The van der Waals surface area contributed by atoms with Crippen molar-refractivity contribution in [1.29, 1.82) is 0 Å². The molecule has 0 aromatic heterocycles. The number of nitrogens with one attached hydrogen (secondary N) is 1. The highest BCUT2D eigenvalue weighted by Crippen LogP contribution is 2.22. The topological polar surface area (TPSA) is 12.0 Å². The Morgan fingerprint density at radius 1 is 1.10 bits per heavy atom. The van der Waals surface area contributed by atoms with Crippen molar-refractivity contribution in [1.82, 2.24) is 5.32 Å². The molecule has 0 heterocycles. The van der Waals surface area contributed by atoms with Gasteiger partial charge in [0, 0.05) is 23.0 Å². The molecule has 106 valence electrons. The van der Waals surface area contributed by atoms with Crippen LogP contribution in [0.5, 0.6) is 0 Å². The maximum Gasteiger partial charge on any atom is 0.124 e.